The molecule has 4 aromatic rings. The van der Waals surface area contributed by atoms with Gasteiger partial charge in [-0.2, -0.15) is 0 Å². The van der Waals surface area contributed by atoms with Gasteiger partial charge in [0.1, 0.15) is 23.2 Å². The molecule has 0 saturated carbocycles. The molecule has 9 heteroatoms. The summed E-state index contributed by atoms with van der Waals surface area (Å²) in [5, 5.41) is 6.54. The number of aryl methyl sites for hydroxylation is 4. The molecule has 1 fully saturated rings. The fraction of sp³-hybridized carbons (Fsp3) is 0.303. The van der Waals surface area contributed by atoms with Gasteiger partial charge in [-0.25, -0.2) is 19.7 Å². The number of likely N-dealkylation sites (N-methyl/N-ethyl adjacent to an activating group) is 1. The van der Waals surface area contributed by atoms with Gasteiger partial charge >= 0.3 is 6.03 Å². The number of anilines is 6. The molecular weight excluding hydrogens is 526 g/mol. The van der Waals surface area contributed by atoms with Crippen LogP contribution in [0.5, 0.6) is 5.75 Å². The van der Waals surface area contributed by atoms with Crippen LogP contribution < -0.4 is 25.2 Å². The Balaban J connectivity index is 1.46. The third-order valence-electron chi connectivity index (χ3n) is 7.62. The van der Waals surface area contributed by atoms with Gasteiger partial charge in [-0.15, -0.1) is 0 Å². The molecule has 5 rings (SSSR count). The van der Waals surface area contributed by atoms with Gasteiger partial charge in [-0.3, -0.25) is 0 Å². The molecular formula is C33H39N7O2. The molecule has 1 aliphatic rings. The molecule has 0 unspecified atom stereocenters. The standard InChI is InChI=1S/C33H39N7O2/c1-22-8-7-9-23(2)32(22)37-33(41)40(29-15-14-28(42-6)20-24(29)3)31-21-30(34-25(4)35-31)36-26-10-12-27(13-11-26)39-18-16-38(5)17-19-39/h7-15,20-21H,16-19H2,1-6H3,(H,37,41)(H,34,35,36). The number of nitrogens with one attached hydrogen (secondary N) is 2. The van der Waals surface area contributed by atoms with Crippen molar-refractivity contribution in [2.45, 2.75) is 27.7 Å². The molecule has 0 aliphatic carbocycles. The molecule has 2 heterocycles. The first-order chi connectivity index (χ1) is 20.2. The van der Waals surface area contributed by atoms with Gasteiger partial charge < -0.3 is 25.2 Å². The summed E-state index contributed by atoms with van der Waals surface area (Å²) in [6.45, 7) is 11.9. The fourth-order valence-corrected chi connectivity index (χ4v) is 5.22. The van der Waals surface area contributed by atoms with Gasteiger partial charge in [0, 0.05) is 49.3 Å². The van der Waals surface area contributed by atoms with Gasteiger partial charge in [0.25, 0.3) is 0 Å². The Bertz CT molecular complexity index is 1540. The van der Waals surface area contributed by atoms with Crippen molar-refractivity contribution >= 4 is 40.4 Å². The second-order valence-corrected chi connectivity index (χ2v) is 10.8. The second-order valence-electron chi connectivity index (χ2n) is 10.8. The average molecular weight is 566 g/mol. The highest BCUT2D eigenvalue weighted by Gasteiger charge is 2.24. The van der Waals surface area contributed by atoms with Crippen molar-refractivity contribution in [3.8, 4) is 5.75 Å². The highest BCUT2D eigenvalue weighted by Crippen LogP contribution is 2.33. The van der Waals surface area contributed by atoms with E-state index in [9.17, 15) is 4.79 Å². The van der Waals surface area contributed by atoms with Gasteiger partial charge in [0.05, 0.1) is 12.8 Å². The van der Waals surface area contributed by atoms with Crippen LogP contribution in [0.4, 0.5) is 39.2 Å². The smallest absolute Gasteiger partial charge is 0.332 e. The highest BCUT2D eigenvalue weighted by molar-refractivity contribution is 6.07. The molecule has 2 amide bonds. The van der Waals surface area contributed by atoms with Crippen LogP contribution in [0.1, 0.15) is 22.5 Å². The van der Waals surface area contributed by atoms with Crippen LogP contribution in [-0.2, 0) is 0 Å². The van der Waals surface area contributed by atoms with Crippen molar-refractivity contribution in [2.24, 2.45) is 0 Å². The molecule has 0 atom stereocenters. The monoisotopic (exact) mass is 565 g/mol. The lowest BCUT2D eigenvalue weighted by Crippen LogP contribution is -2.44. The average Bonchev–Trinajstić information content (AvgIpc) is 2.97. The number of hydrogen-bond donors (Lipinski definition) is 2. The van der Waals surface area contributed by atoms with Crippen molar-refractivity contribution in [3.63, 3.8) is 0 Å². The lowest BCUT2D eigenvalue weighted by Gasteiger charge is -2.34. The number of carbonyl (C=O) groups excluding carboxylic acids is 1. The lowest BCUT2D eigenvalue weighted by molar-refractivity contribution is 0.258. The number of carbonyl (C=O) groups is 1. The first kappa shape index (κ1) is 28.9. The van der Waals surface area contributed by atoms with E-state index in [1.807, 2.05) is 64.1 Å². The van der Waals surface area contributed by atoms with Crippen LogP contribution in [0.15, 0.2) is 66.7 Å². The normalized spacial score (nSPS) is 13.5. The van der Waals surface area contributed by atoms with E-state index in [1.165, 1.54) is 5.69 Å². The topological polar surface area (TPSA) is 85.9 Å². The minimum absolute atomic E-state index is 0.318. The molecule has 218 valence electrons. The number of urea groups is 1. The molecule has 2 N–H and O–H groups in total. The predicted octanol–water partition coefficient (Wildman–Crippen LogP) is 6.58. The zero-order valence-electron chi connectivity index (χ0n) is 25.2. The summed E-state index contributed by atoms with van der Waals surface area (Å²) in [5.74, 6) is 2.31. The highest BCUT2D eigenvalue weighted by atomic mass is 16.5. The largest absolute Gasteiger partial charge is 0.497 e. The Morgan fingerprint density at radius 1 is 0.857 bits per heavy atom. The zero-order chi connectivity index (χ0) is 29.8. The summed E-state index contributed by atoms with van der Waals surface area (Å²) >= 11 is 0. The van der Waals surface area contributed by atoms with Gasteiger partial charge in [-0.1, -0.05) is 18.2 Å². The van der Waals surface area contributed by atoms with E-state index in [0.29, 0.717) is 28.9 Å². The van der Waals surface area contributed by atoms with Crippen molar-refractivity contribution in [1.29, 1.82) is 0 Å². The van der Waals surface area contributed by atoms with E-state index in [2.05, 4.69) is 56.7 Å². The number of para-hydroxylation sites is 1. The Labute approximate surface area is 248 Å². The third kappa shape index (κ3) is 6.47. The van der Waals surface area contributed by atoms with Crippen molar-refractivity contribution < 1.29 is 9.53 Å². The van der Waals surface area contributed by atoms with E-state index in [1.54, 1.807) is 18.1 Å². The van der Waals surface area contributed by atoms with E-state index in [0.717, 1.165) is 54.2 Å². The first-order valence-electron chi connectivity index (χ1n) is 14.2. The molecule has 0 radical (unpaired) electrons. The molecule has 1 saturated heterocycles. The Morgan fingerprint density at radius 3 is 2.19 bits per heavy atom. The zero-order valence-corrected chi connectivity index (χ0v) is 25.2. The molecule has 3 aromatic carbocycles. The van der Waals surface area contributed by atoms with E-state index in [4.69, 9.17) is 9.72 Å². The number of amides is 2. The summed E-state index contributed by atoms with van der Waals surface area (Å²) in [6, 6.07) is 21.4. The van der Waals surface area contributed by atoms with Crippen molar-refractivity contribution in [3.05, 3.63) is 89.2 Å². The van der Waals surface area contributed by atoms with Crippen LogP contribution in [0, 0.1) is 27.7 Å². The van der Waals surface area contributed by atoms with Gasteiger partial charge in [0.2, 0.25) is 0 Å². The Kier molecular flexibility index (Phi) is 8.59. The van der Waals surface area contributed by atoms with Gasteiger partial charge in [0.15, 0.2) is 0 Å². The minimum atomic E-state index is -0.318. The predicted molar refractivity (Wildman–Crippen MR) is 171 cm³/mol. The number of methoxy groups -OCH3 is 1. The number of piperazine rings is 1. The maximum Gasteiger partial charge on any atom is 0.332 e. The number of nitrogens with zero attached hydrogens (tertiary/aromatic N) is 5. The summed E-state index contributed by atoms with van der Waals surface area (Å²) in [7, 11) is 3.79. The second kappa shape index (κ2) is 12.5. The van der Waals surface area contributed by atoms with Crippen molar-refractivity contribution in [2.75, 3.05) is 60.8 Å². The molecule has 42 heavy (non-hydrogen) atoms. The van der Waals surface area contributed by atoms with Crippen LogP contribution in [0.2, 0.25) is 0 Å². The maximum atomic E-state index is 14.0. The van der Waals surface area contributed by atoms with Crippen molar-refractivity contribution in [1.82, 2.24) is 14.9 Å². The van der Waals surface area contributed by atoms with E-state index in [-0.39, 0.29) is 6.03 Å². The number of hydrogen-bond acceptors (Lipinski definition) is 7. The van der Waals surface area contributed by atoms with Gasteiger partial charge in [-0.05, 0) is 93.9 Å². The molecule has 9 nitrogen and oxygen atoms in total. The molecule has 1 aliphatic heterocycles. The van der Waals surface area contributed by atoms with E-state index < -0.39 is 0 Å². The summed E-state index contributed by atoms with van der Waals surface area (Å²) in [4.78, 5) is 29.7. The van der Waals surface area contributed by atoms with Crippen LogP contribution in [-0.4, -0.2) is 61.2 Å². The minimum Gasteiger partial charge on any atom is -0.497 e. The molecule has 0 bridgehead atoms. The summed E-state index contributed by atoms with van der Waals surface area (Å²) in [5.41, 5.74) is 6.42. The van der Waals surface area contributed by atoms with Crippen LogP contribution in [0.3, 0.4) is 0 Å². The number of benzene rings is 3. The van der Waals surface area contributed by atoms with E-state index >= 15 is 0 Å². The first-order valence-corrected chi connectivity index (χ1v) is 14.2. The van der Waals surface area contributed by atoms with Crippen LogP contribution in [0.25, 0.3) is 0 Å². The van der Waals surface area contributed by atoms with Crippen LogP contribution >= 0.6 is 0 Å². The fourth-order valence-electron chi connectivity index (χ4n) is 5.22. The number of rotatable bonds is 7. The Hall–Kier alpha value is -4.63. The summed E-state index contributed by atoms with van der Waals surface area (Å²) < 4.78 is 5.42. The SMILES string of the molecule is COc1ccc(N(C(=O)Nc2c(C)cccc2C)c2cc(Nc3ccc(N4CCN(C)CC4)cc3)nc(C)n2)c(C)c1. The molecule has 0 spiro atoms. The quantitative estimate of drug-likeness (QED) is 0.262. The lowest BCUT2D eigenvalue weighted by atomic mass is 10.1. The Morgan fingerprint density at radius 2 is 1.55 bits per heavy atom. The maximum absolute atomic E-state index is 14.0. The number of aromatic nitrogens is 2. The summed E-state index contributed by atoms with van der Waals surface area (Å²) in [6.07, 6.45) is 0. The third-order valence-corrected chi connectivity index (χ3v) is 7.62. The number of ether oxygens (including phenoxy) is 1. The molecule has 1 aromatic heterocycles.